The quantitative estimate of drug-likeness (QED) is 0.831. The summed E-state index contributed by atoms with van der Waals surface area (Å²) in [6.45, 7) is 2.01. The predicted molar refractivity (Wildman–Crippen MR) is 81.6 cm³/mol. The number of carbonyl (C=O) groups excluding carboxylic acids is 1. The van der Waals surface area contributed by atoms with Crippen molar-refractivity contribution in [1.82, 2.24) is 10.2 Å². The zero-order valence-corrected chi connectivity index (χ0v) is 12.9. The van der Waals surface area contributed by atoms with Gasteiger partial charge in [-0.05, 0) is 30.7 Å². The van der Waals surface area contributed by atoms with E-state index in [2.05, 4.69) is 15.5 Å². The Labute approximate surface area is 125 Å². The highest BCUT2D eigenvalue weighted by Crippen LogP contribution is 2.22. The van der Waals surface area contributed by atoms with Gasteiger partial charge in [0.1, 0.15) is 10.8 Å². The Kier molecular flexibility index (Phi) is 5.37. The molecule has 0 spiro atoms. The van der Waals surface area contributed by atoms with E-state index in [1.807, 2.05) is 31.2 Å². The molecule has 0 unspecified atom stereocenters. The van der Waals surface area contributed by atoms with Crippen LogP contribution in [-0.4, -0.2) is 29.0 Å². The Balaban J connectivity index is 1.82. The van der Waals surface area contributed by atoms with Crippen LogP contribution in [0, 0.1) is 0 Å². The zero-order chi connectivity index (χ0) is 14.4. The number of nitrogens with one attached hydrogen (secondary N) is 1. The normalized spacial score (nSPS) is 10.3. The molecule has 2 aromatic rings. The van der Waals surface area contributed by atoms with Gasteiger partial charge in [0.2, 0.25) is 11.0 Å². The maximum absolute atomic E-state index is 11.8. The number of benzene rings is 1. The molecule has 106 valence electrons. The van der Waals surface area contributed by atoms with Gasteiger partial charge in [0, 0.05) is 4.90 Å². The van der Waals surface area contributed by atoms with Crippen molar-refractivity contribution in [1.29, 1.82) is 0 Å². The second-order valence-corrected chi connectivity index (χ2v) is 5.98. The molecule has 1 aromatic carbocycles. The summed E-state index contributed by atoms with van der Waals surface area (Å²) < 4.78 is 5.08. The van der Waals surface area contributed by atoms with E-state index >= 15 is 0 Å². The summed E-state index contributed by atoms with van der Waals surface area (Å²) in [5, 5.41) is 12.1. The van der Waals surface area contributed by atoms with Gasteiger partial charge in [0.25, 0.3) is 0 Å². The van der Waals surface area contributed by atoms with Crippen LogP contribution in [0.3, 0.4) is 0 Å². The molecule has 2 rings (SSSR count). The molecule has 1 N–H and O–H groups in total. The first-order valence-corrected chi connectivity index (χ1v) is 7.90. The van der Waals surface area contributed by atoms with Crippen molar-refractivity contribution in [3.05, 3.63) is 29.3 Å². The van der Waals surface area contributed by atoms with Gasteiger partial charge in [-0.2, -0.15) is 0 Å². The third-order valence-corrected chi connectivity index (χ3v) is 4.44. The molecule has 0 fully saturated rings. The van der Waals surface area contributed by atoms with Gasteiger partial charge in [-0.15, -0.1) is 22.0 Å². The monoisotopic (exact) mass is 309 g/mol. The average molecular weight is 309 g/mol. The highest BCUT2D eigenvalue weighted by atomic mass is 32.2. The number of thioether (sulfide) groups is 1. The fraction of sp³-hybridized carbons (Fsp3) is 0.308. The third-order valence-electron chi connectivity index (χ3n) is 2.45. The third kappa shape index (κ3) is 4.21. The van der Waals surface area contributed by atoms with Crippen LogP contribution in [0.5, 0.6) is 5.75 Å². The number of aryl methyl sites for hydroxylation is 1. The topological polar surface area (TPSA) is 64.1 Å². The molecule has 0 aliphatic heterocycles. The first-order valence-electron chi connectivity index (χ1n) is 6.10. The van der Waals surface area contributed by atoms with Crippen LogP contribution >= 0.6 is 23.1 Å². The molecule has 1 heterocycles. The number of nitrogens with zero attached hydrogens (tertiary/aromatic N) is 2. The van der Waals surface area contributed by atoms with Crippen molar-refractivity contribution in [2.75, 3.05) is 18.2 Å². The molecular formula is C13H15N3O2S2. The average Bonchev–Trinajstić information content (AvgIpc) is 2.93. The fourth-order valence-electron chi connectivity index (χ4n) is 1.42. The molecule has 1 amide bonds. The molecule has 0 saturated carbocycles. The minimum atomic E-state index is -0.0791. The Bertz CT molecular complexity index is 569. The molecule has 0 atom stereocenters. The molecule has 0 bridgehead atoms. The highest BCUT2D eigenvalue weighted by Gasteiger charge is 2.08. The lowest BCUT2D eigenvalue weighted by molar-refractivity contribution is -0.113. The van der Waals surface area contributed by atoms with Crippen molar-refractivity contribution in [3.8, 4) is 5.75 Å². The van der Waals surface area contributed by atoms with Gasteiger partial charge in [0.15, 0.2) is 0 Å². The van der Waals surface area contributed by atoms with Crippen molar-refractivity contribution in [2.45, 2.75) is 18.2 Å². The highest BCUT2D eigenvalue weighted by molar-refractivity contribution is 8.00. The standard InChI is InChI=1S/C13H15N3O2S2/c1-3-12-15-16-13(20-12)14-11(17)8-19-10-6-4-9(18-2)5-7-10/h4-7H,3,8H2,1-2H3,(H,14,16,17). The summed E-state index contributed by atoms with van der Waals surface area (Å²) in [6.07, 6.45) is 0.828. The van der Waals surface area contributed by atoms with Crippen molar-refractivity contribution < 1.29 is 9.53 Å². The molecule has 20 heavy (non-hydrogen) atoms. The van der Waals surface area contributed by atoms with Crippen LogP contribution in [-0.2, 0) is 11.2 Å². The Morgan fingerprint density at radius 3 is 2.70 bits per heavy atom. The number of hydrogen-bond acceptors (Lipinski definition) is 6. The van der Waals surface area contributed by atoms with E-state index < -0.39 is 0 Å². The van der Waals surface area contributed by atoms with Crippen LogP contribution in [0.15, 0.2) is 29.2 Å². The van der Waals surface area contributed by atoms with Crippen LogP contribution < -0.4 is 10.1 Å². The largest absolute Gasteiger partial charge is 0.497 e. The van der Waals surface area contributed by atoms with E-state index in [9.17, 15) is 4.79 Å². The number of carbonyl (C=O) groups is 1. The molecular weight excluding hydrogens is 294 g/mol. The molecule has 5 nitrogen and oxygen atoms in total. The van der Waals surface area contributed by atoms with E-state index in [-0.39, 0.29) is 5.91 Å². The lowest BCUT2D eigenvalue weighted by Gasteiger charge is -2.03. The minimum absolute atomic E-state index is 0.0791. The van der Waals surface area contributed by atoms with E-state index in [0.717, 1.165) is 22.1 Å². The van der Waals surface area contributed by atoms with E-state index in [0.29, 0.717) is 10.9 Å². The molecule has 0 aliphatic rings. The predicted octanol–water partition coefficient (Wildman–Crippen LogP) is 2.84. The number of ether oxygens (including phenoxy) is 1. The van der Waals surface area contributed by atoms with Gasteiger partial charge < -0.3 is 4.74 Å². The van der Waals surface area contributed by atoms with Crippen LogP contribution in [0.25, 0.3) is 0 Å². The maximum Gasteiger partial charge on any atom is 0.236 e. The summed E-state index contributed by atoms with van der Waals surface area (Å²) >= 11 is 2.88. The summed E-state index contributed by atoms with van der Waals surface area (Å²) in [7, 11) is 1.63. The van der Waals surface area contributed by atoms with Gasteiger partial charge >= 0.3 is 0 Å². The minimum Gasteiger partial charge on any atom is -0.497 e. The fourth-order valence-corrected chi connectivity index (χ4v) is 2.82. The molecule has 7 heteroatoms. The molecule has 0 aliphatic carbocycles. The van der Waals surface area contributed by atoms with E-state index in [1.165, 1.54) is 23.1 Å². The van der Waals surface area contributed by atoms with Gasteiger partial charge in [-0.1, -0.05) is 18.3 Å². The van der Waals surface area contributed by atoms with E-state index in [4.69, 9.17) is 4.74 Å². The first kappa shape index (κ1) is 14.8. The Morgan fingerprint density at radius 2 is 2.10 bits per heavy atom. The van der Waals surface area contributed by atoms with Crippen LogP contribution in [0.4, 0.5) is 5.13 Å². The van der Waals surface area contributed by atoms with Gasteiger partial charge in [-0.3, -0.25) is 10.1 Å². The second-order valence-electron chi connectivity index (χ2n) is 3.87. The number of aromatic nitrogens is 2. The van der Waals surface area contributed by atoms with Gasteiger partial charge in [-0.25, -0.2) is 0 Å². The SMILES string of the molecule is CCc1nnc(NC(=O)CSc2ccc(OC)cc2)s1. The summed E-state index contributed by atoms with van der Waals surface area (Å²) in [6, 6.07) is 7.60. The number of rotatable bonds is 6. The van der Waals surface area contributed by atoms with E-state index in [1.54, 1.807) is 7.11 Å². The summed E-state index contributed by atoms with van der Waals surface area (Å²) in [4.78, 5) is 12.8. The first-order chi connectivity index (χ1) is 9.71. The Hall–Kier alpha value is -1.60. The lowest BCUT2D eigenvalue weighted by Crippen LogP contribution is -2.13. The van der Waals surface area contributed by atoms with Crippen molar-refractivity contribution in [3.63, 3.8) is 0 Å². The second kappa shape index (κ2) is 7.25. The van der Waals surface area contributed by atoms with Gasteiger partial charge in [0.05, 0.1) is 12.9 Å². The zero-order valence-electron chi connectivity index (χ0n) is 11.3. The molecule has 1 aromatic heterocycles. The summed E-state index contributed by atoms with van der Waals surface area (Å²) in [5.41, 5.74) is 0. The van der Waals surface area contributed by atoms with Crippen LogP contribution in [0.1, 0.15) is 11.9 Å². The molecule has 0 radical (unpaired) electrons. The lowest BCUT2D eigenvalue weighted by atomic mass is 10.3. The maximum atomic E-state index is 11.8. The van der Waals surface area contributed by atoms with Crippen LogP contribution in [0.2, 0.25) is 0 Å². The number of hydrogen-bond donors (Lipinski definition) is 1. The smallest absolute Gasteiger partial charge is 0.236 e. The summed E-state index contributed by atoms with van der Waals surface area (Å²) in [5.74, 6) is 1.07. The molecule has 0 saturated heterocycles. The number of anilines is 1. The number of methoxy groups -OCH3 is 1. The Morgan fingerprint density at radius 1 is 1.35 bits per heavy atom. The number of amides is 1. The van der Waals surface area contributed by atoms with Crippen molar-refractivity contribution in [2.24, 2.45) is 0 Å². The van der Waals surface area contributed by atoms with Crippen molar-refractivity contribution >= 4 is 34.1 Å².